The van der Waals surface area contributed by atoms with Crippen molar-refractivity contribution in [2.75, 3.05) is 17.7 Å². The molecule has 0 saturated heterocycles. The number of anilines is 2. The highest BCUT2D eigenvalue weighted by Crippen LogP contribution is 2.29. The number of hydrogen-bond acceptors (Lipinski definition) is 4. The van der Waals surface area contributed by atoms with Crippen LogP contribution in [0.15, 0.2) is 24.5 Å². The Morgan fingerprint density at radius 3 is 2.50 bits per heavy atom. The molecule has 0 atom stereocenters. The predicted octanol–water partition coefficient (Wildman–Crippen LogP) is 3.39. The van der Waals surface area contributed by atoms with Crippen molar-refractivity contribution in [3.63, 3.8) is 0 Å². The second kappa shape index (κ2) is 6.07. The molecule has 5 nitrogen and oxygen atoms in total. The van der Waals surface area contributed by atoms with Crippen LogP contribution in [0.5, 0.6) is 0 Å². The van der Waals surface area contributed by atoms with Crippen LogP contribution in [0, 0.1) is 6.92 Å². The van der Waals surface area contributed by atoms with Gasteiger partial charge in [0, 0.05) is 12.1 Å². The van der Waals surface area contributed by atoms with Gasteiger partial charge in [-0.15, -0.1) is 0 Å². The normalized spacial score (nSPS) is 10.2. The van der Waals surface area contributed by atoms with Crippen molar-refractivity contribution in [1.29, 1.82) is 0 Å². The Morgan fingerprint density at radius 1 is 1.15 bits per heavy atom. The summed E-state index contributed by atoms with van der Waals surface area (Å²) in [5.41, 5.74) is 1.47. The Balaban J connectivity index is 2.20. The highest BCUT2D eigenvalue weighted by Gasteiger charge is 2.12. The van der Waals surface area contributed by atoms with E-state index < -0.39 is 5.91 Å². The Morgan fingerprint density at radius 2 is 1.90 bits per heavy atom. The monoisotopic (exact) mass is 310 g/mol. The summed E-state index contributed by atoms with van der Waals surface area (Å²) in [4.78, 5) is 20.0. The number of aryl methyl sites for hydroxylation is 1. The van der Waals surface area contributed by atoms with Crippen LogP contribution in [-0.4, -0.2) is 22.9 Å². The van der Waals surface area contributed by atoms with Gasteiger partial charge in [-0.1, -0.05) is 23.2 Å². The summed E-state index contributed by atoms with van der Waals surface area (Å²) in [7, 11) is 1.72. The second-order valence-corrected chi connectivity index (χ2v) is 4.89. The number of hydrogen-bond donors (Lipinski definition) is 2. The lowest BCUT2D eigenvalue weighted by molar-refractivity contribution is 0.102. The van der Waals surface area contributed by atoms with Gasteiger partial charge in [-0.2, -0.15) is 0 Å². The van der Waals surface area contributed by atoms with Crippen LogP contribution in [0.4, 0.5) is 11.5 Å². The average Bonchev–Trinajstić information content (AvgIpc) is 2.44. The zero-order chi connectivity index (χ0) is 14.7. The van der Waals surface area contributed by atoms with Gasteiger partial charge in [0.05, 0.1) is 23.1 Å². The van der Waals surface area contributed by atoms with E-state index in [9.17, 15) is 4.79 Å². The van der Waals surface area contributed by atoms with Gasteiger partial charge < -0.3 is 10.6 Å². The number of carbonyl (C=O) groups excluding carboxylic acids is 1. The molecule has 1 heterocycles. The Bertz CT molecular complexity index is 644. The minimum atomic E-state index is -0.401. The predicted molar refractivity (Wildman–Crippen MR) is 80.7 cm³/mol. The molecule has 0 aliphatic rings. The van der Waals surface area contributed by atoms with Crippen LogP contribution in [0.3, 0.4) is 0 Å². The summed E-state index contributed by atoms with van der Waals surface area (Å²) in [5.74, 6) is 0.180. The molecule has 2 aromatic rings. The van der Waals surface area contributed by atoms with Crippen LogP contribution in [0.25, 0.3) is 0 Å². The maximum atomic E-state index is 12.0. The van der Waals surface area contributed by atoms with Crippen LogP contribution < -0.4 is 10.6 Å². The van der Waals surface area contributed by atoms with E-state index in [2.05, 4.69) is 20.6 Å². The fraction of sp³-hybridized carbons (Fsp3) is 0.154. The smallest absolute Gasteiger partial charge is 0.275 e. The lowest BCUT2D eigenvalue weighted by Crippen LogP contribution is -2.14. The number of halogens is 2. The van der Waals surface area contributed by atoms with Crippen molar-refractivity contribution in [3.8, 4) is 0 Å². The molecular weight excluding hydrogens is 299 g/mol. The van der Waals surface area contributed by atoms with Crippen LogP contribution in [-0.2, 0) is 0 Å². The molecule has 0 fully saturated rings. The molecule has 0 saturated carbocycles. The van der Waals surface area contributed by atoms with E-state index in [1.54, 1.807) is 19.2 Å². The molecule has 7 heteroatoms. The van der Waals surface area contributed by atoms with E-state index in [-0.39, 0.29) is 5.69 Å². The van der Waals surface area contributed by atoms with Crippen molar-refractivity contribution < 1.29 is 4.79 Å². The van der Waals surface area contributed by atoms with Gasteiger partial charge in [0.15, 0.2) is 0 Å². The number of rotatable bonds is 3. The standard InChI is InChI=1S/C13H12Cl2N4O/c1-7-3-9(15)10(4-8(7)14)19-13(20)11-5-18-12(16-2)6-17-11/h3-6H,1-2H3,(H,16,18)(H,19,20). The fourth-order valence-corrected chi connectivity index (χ4v) is 1.93. The van der Waals surface area contributed by atoms with E-state index in [0.29, 0.717) is 21.6 Å². The van der Waals surface area contributed by atoms with E-state index in [1.807, 2.05) is 6.92 Å². The van der Waals surface area contributed by atoms with Crippen LogP contribution in [0.2, 0.25) is 10.0 Å². The highest BCUT2D eigenvalue weighted by molar-refractivity contribution is 6.36. The van der Waals surface area contributed by atoms with Gasteiger partial charge in [-0.25, -0.2) is 9.97 Å². The molecule has 0 bridgehead atoms. The van der Waals surface area contributed by atoms with Gasteiger partial charge in [-0.3, -0.25) is 4.79 Å². The minimum Gasteiger partial charge on any atom is -0.372 e. The third-order valence-corrected chi connectivity index (χ3v) is 3.36. The number of nitrogens with zero attached hydrogens (tertiary/aromatic N) is 2. The molecule has 0 spiro atoms. The Labute approximate surface area is 126 Å². The minimum absolute atomic E-state index is 0.191. The molecule has 2 N–H and O–H groups in total. The van der Waals surface area contributed by atoms with Crippen LogP contribution in [0.1, 0.15) is 16.1 Å². The molecular formula is C13H12Cl2N4O. The number of benzene rings is 1. The van der Waals surface area contributed by atoms with Crippen molar-refractivity contribution >= 4 is 40.6 Å². The number of aromatic nitrogens is 2. The first-order valence-corrected chi connectivity index (χ1v) is 6.53. The third kappa shape index (κ3) is 3.18. The van der Waals surface area contributed by atoms with E-state index in [1.165, 1.54) is 12.4 Å². The first-order valence-electron chi connectivity index (χ1n) is 5.78. The van der Waals surface area contributed by atoms with E-state index in [0.717, 1.165) is 5.56 Å². The number of carbonyl (C=O) groups is 1. The first-order chi connectivity index (χ1) is 9.51. The zero-order valence-electron chi connectivity index (χ0n) is 10.9. The van der Waals surface area contributed by atoms with Crippen molar-refractivity contribution in [2.45, 2.75) is 6.92 Å². The largest absolute Gasteiger partial charge is 0.372 e. The number of nitrogens with one attached hydrogen (secondary N) is 2. The Kier molecular flexibility index (Phi) is 4.42. The quantitative estimate of drug-likeness (QED) is 0.912. The molecule has 0 aliphatic heterocycles. The van der Waals surface area contributed by atoms with Gasteiger partial charge >= 0.3 is 0 Å². The summed E-state index contributed by atoms with van der Waals surface area (Å²) in [5, 5.41) is 6.42. The van der Waals surface area contributed by atoms with E-state index >= 15 is 0 Å². The molecule has 0 aliphatic carbocycles. The van der Waals surface area contributed by atoms with Gasteiger partial charge in [0.2, 0.25) is 0 Å². The SMILES string of the molecule is CNc1cnc(C(=O)Nc2cc(Cl)c(C)cc2Cl)cn1. The maximum absolute atomic E-state index is 12.0. The molecule has 2 rings (SSSR count). The van der Waals surface area contributed by atoms with Gasteiger partial charge in [0.1, 0.15) is 11.5 Å². The lowest BCUT2D eigenvalue weighted by Gasteiger charge is -2.09. The van der Waals surface area contributed by atoms with E-state index in [4.69, 9.17) is 23.2 Å². The summed E-state index contributed by atoms with van der Waals surface area (Å²) in [6.07, 6.45) is 2.85. The fourth-order valence-electron chi connectivity index (χ4n) is 1.50. The molecule has 0 radical (unpaired) electrons. The van der Waals surface area contributed by atoms with Gasteiger partial charge in [0.25, 0.3) is 5.91 Å². The lowest BCUT2D eigenvalue weighted by atomic mass is 10.2. The summed E-state index contributed by atoms with van der Waals surface area (Å²) >= 11 is 12.1. The van der Waals surface area contributed by atoms with Crippen LogP contribution >= 0.6 is 23.2 Å². The average molecular weight is 311 g/mol. The molecule has 104 valence electrons. The molecule has 20 heavy (non-hydrogen) atoms. The molecule has 1 aromatic carbocycles. The maximum Gasteiger partial charge on any atom is 0.275 e. The number of amides is 1. The zero-order valence-corrected chi connectivity index (χ0v) is 12.4. The Hall–Kier alpha value is -1.85. The van der Waals surface area contributed by atoms with Crippen molar-refractivity contribution in [1.82, 2.24) is 9.97 Å². The second-order valence-electron chi connectivity index (χ2n) is 4.07. The summed E-state index contributed by atoms with van der Waals surface area (Å²) in [6, 6.07) is 3.29. The van der Waals surface area contributed by atoms with Crippen molar-refractivity contribution in [3.05, 3.63) is 45.8 Å². The molecule has 1 amide bonds. The highest BCUT2D eigenvalue weighted by atomic mass is 35.5. The molecule has 0 unspecified atom stereocenters. The van der Waals surface area contributed by atoms with Crippen molar-refractivity contribution in [2.24, 2.45) is 0 Å². The summed E-state index contributed by atoms with van der Waals surface area (Å²) < 4.78 is 0. The van der Waals surface area contributed by atoms with Gasteiger partial charge in [-0.05, 0) is 24.6 Å². The molecule has 1 aromatic heterocycles. The first kappa shape index (κ1) is 14.6. The summed E-state index contributed by atoms with van der Waals surface area (Å²) in [6.45, 7) is 1.84. The third-order valence-electron chi connectivity index (χ3n) is 2.64. The topological polar surface area (TPSA) is 66.9 Å².